The Morgan fingerprint density at radius 2 is 1.83 bits per heavy atom. The summed E-state index contributed by atoms with van der Waals surface area (Å²) in [6.07, 6.45) is 1.15. The van der Waals surface area contributed by atoms with Crippen LogP contribution in [0.2, 0.25) is 0 Å². The maximum absolute atomic E-state index is 13.4. The summed E-state index contributed by atoms with van der Waals surface area (Å²) in [5, 5.41) is 0.640. The molecule has 4 rings (SSSR count). The quantitative estimate of drug-likeness (QED) is 0.580. The van der Waals surface area contributed by atoms with Gasteiger partial charge in [0.25, 0.3) is 5.91 Å². The third kappa shape index (κ3) is 4.70. The molecule has 1 aliphatic rings. The van der Waals surface area contributed by atoms with E-state index in [9.17, 15) is 13.2 Å². The fraction of sp³-hybridized carbons (Fsp3) is 0.333. The van der Waals surface area contributed by atoms with Gasteiger partial charge in [-0.2, -0.15) is 0 Å². The van der Waals surface area contributed by atoms with Gasteiger partial charge in [-0.3, -0.25) is 14.6 Å². The van der Waals surface area contributed by atoms with Crippen LogP contribution in [0.1, 0.15) is 10.4 Å². The Bertz CT molecular complexity index is 1100. The molecule has 0 spiro atoms. The van der Waals surface area contributed by atoms with E-state index >= 15 is 0 Å². The Balaban J connectivity index is 1.62. The summed E-state index contributed by atoms with van der Waals surface area (Å²) < 4.78 is 29.9. The van der Waals surface area contributed by atoms with E-state index in [-0.39, 0.29) is 10.8 Å². The second-order valence-electron chi connectivity index (χ2n) is 7.17. The lowest BCUT2D eigenvalue weighted by Gasteiger charge is -2.29. The molecule has 0 radical (unpaired) electrons. The van der Waals surface area contributed by atoms with Crippen LogP contribution >= 0.6 is 11.3 Å². The van der Waals surface area contributed by atoms with E-state index in [1.165, 1.54) is 23.5 Å². The first-order valence-electron chi connectivity index (χ1n) is 9.69. The van der Waals surface area contributed by atoms with E-state index in [1.807, 2.05) is 24.3 Å². The van der Waals surface area contributed by atoms with Gasteiger partial charge in [0.1, 0.15) is 0 Å². The minimum atomic E-state index is -3.31. The number of hydrogen-bond donors (Lipinski definition) is 0. The first-order chi connectivity index (χ1) is 14.4. The van der Waals surface area contributed by atoms with E-state index < -0.39 is 9.84 Å². The first-order valence-corrected chi connectivity index (χ1v) is 12.4. The molecule has 2 aromatic carbocycles. The van der Waals surface area contributed by atoms with Crippen molar-refractivity contribution in [2.45, 2.75) is 4.90 Å². The summed E-state index contributed by atoms with van der Waals surface area (Å²) in [6, 6.07) is 13.9. The summed E-state index contributed by atoms with van der Waals surface area (Å²) in [5.41, 5.74) is 1.29. The molecule has 0 unspecified atom stereocenters. The van der Waals surface area contributed by atoms with Crippen LogP contribution in [0.25, 0.3) is 10.2 Å². The zero-order valence-corrected chi connectivity index (χ0v) is 18.3. The van der Waals surface area contributed by atoms with Crippen LogP contribution in [0, 0.1) is 0 Å². The zero-order valence-electron chi connectivity index (χ0n) is 16.7. The third-order valence-corrected chi connectivity index (χ3v) is 7.22. The SMILES string of the molecule is CS(=O)(=O)c1ccc(C(=O)N(CCN2CCOCC2)c2nc3ccccc3s2)cc1. The Hall–Kier alpha value is -2.33. The molecule has 2 heterocycles. The molecular formula is C21H23N3O4S2. The molecule has 1 fully saturated rings. The minimum absolute atomic E-state index is 0.192. The Kier molecular flexibility index (Phi) is 6.14. The molecule has 30 heavy (non-hydrogen) atoms. The number of rotatable bonds is 6. The Morgan fingerprint density at radius 1 is 1.13 bits per heavy atom. The highest BCUT2D eigenvalue weighted by Crippen LogP contribution is 2.29. The summed E-state index contributed by atoms with van der Waals surface area (Å²) >= 11 is 1.48. The van der Waals surface area contributed by atoms with Crippen molar-refractivity contribution in [2.24, 2.45) is 0 Å². The molecule has 0 N–H and O–H groups in total. The molecule has 1 amide bonds. The molecule has 7 nitrogen and oxygen atoms in total. The van der Waals surface area contributed by atoms with Gasteiger partial charge in [-0.1, -0.05) is 23.5 Å². The molecular weight excluding hydrogens is 422 g/mol. The Morgan fingerprint density at radius 3 is 2.50 bits per heavy atom. The number of morpholine rings is 1. The van der Waals surface area contributed by atoms with Gasteiger partial charge in [0.05, 0.1) is 28.3 Å². The highest BCUT2D eigenvalue weighted by molar-refractivity contribution is 7.90. The molecule has 1 aromatic heterocycles. The van der Waals surface area contributed by atoms with Gasteiger partial charge in [-0.05, 0) is 36.4 Å². The summed E-state index contributed by atoms with van der Waals surface area (Å²) in [7, 11) is -3.31. The number of thiazole rings is 1. The lowest BCUT2D eigenvalue weighted by molar-refractivity contribution is 0.0391. The number of fused-ring (bicyclic) bond motifs is 1. The fourth-order valence-corrected chi connectivity index (χ4v) is 4.95. The number of carbonyl (C=O) groups excluding carboxylic acids is 1. The van der Waals surface area contributed by atoms with Crippen LogP contribution in [0.3, 0.4) is 0 Å². The standard InChI is InChI=1S/C21H23N3O4S2/c1-30(26,27)17-8-6-16(7-9-17)20(25)24(11-10-23-12-14-28-15-13-23)21-22-18-4-2-3-5-19(18)29-21/h2-9H,10-15H2,1H3. The van der Waals surface area contributed by atoms with E-state index in [0.717, 1.165) is 29.6 Å². The van der Waals surface area contributed by atoms with E-state index in [2.05, 4.69) is 9.88 Å². The van der Waals surface area contributed by atoms with E-state index in [1.54, 1.807) is 17.0 Å². The highest BCUT2D eigenvalue weighted by Gasteiger charge is 2.23. The van der Waals surface area contributed by atoms with Gasteiger partial charge < -0.3 is 4.74 Å². The molecule has 0 bridgehead atoms. The predicted octanol–water partition coefficient (Wildman–Crippen LogP) is 2.68. The van der Waals surface area contributed by atoms with Crippen molar-refractivity contribution in [3.8, 4) is 0 Å². The summed E-state index contributed by atoms with van der Waals surface area (Å²) in [5.74, 6) is -0.192. The average Bonchev–Trinajstić information content (AvgIpc) is 3.18. The largest absolute Gasteiger partial charge is 0.379 e. The molecule has 1 saturated heterocycles. The second kappa shape index (κ2) is 8.81. The number of ether oxygens (including phenoxy) is 1. The van der Waals surface area contributed by atoms with E-state index in [0.29, 0.717) is 37.0 Å². The van der Waals surface area contributed by atoms with Gasteiger partial charge >= 0.3 is 0 Å². The minimum Gasteiger partial charge on any atom is -0.379 e. The van der Waals surface area contributed by atoms with Gasteiger partial charge in [-0.25, -0.2) is 13.4 Å². The normalized spacial score (nSPS) is 15.4. The molecule has 1 aliphatic heterocycles. The maximum Gasteiger partial charge on any atom is 0.260 e. The molecule has 9 heteroatoms. The molecule has 3 aromatic rings. The smallest absolute Gasteiger partial charge is 0.260 e. The number of sulfone groups is 1. The van der Waals surface area contributed by atoms with Crippen molar-refractivity contribution in [3.63, 3.8) is 0 Å². The number of carbonyl (C=O) groups is 1. The lowest BCUT2D eigenvalue weighted by Crippen LogP contribution is -2.43. The molecule has 0 aliphatic carbocycles. The third-order valence-electron chi connectivity index (χ3n) is 5.03. The molecule has 0 atom stereocenters. The Labute approximate surface area is 179 Å². The van der Waals surface area contributed by atoms with Crippen LogP contribution in [0.15, 0.2) is 53.4 Å². The van der Waals surface area contributed by atoms with Crippen molar-refractivity contribution >= 4 is 42.4 Å². The monoisotopic (exact) mass is 445 g/mol. The lowest BCUT2D eigenvalue weighted by atomic mass is 10.2. The first kappa shape index (κ1) is 20.9. The van der Waals surface area contributed by atoms with Gasteiger partial charge in [0.2, 0.25) is 0 Å². The predicted molar refractivity (Wildman–Crippen MR) is 118 cm³/mol. The van der Waals surface area contributed by atoms with Gasteiger partial charge in [0.15, 0.2) is 15.0 Å². The number of nitrogens with zero attached hydrogens (tertiary/aromatic N) is 3. The molecule has 158 valence electrons. The summed E-state index contributed by atoms with van der Waals surface area (Å²) in [4.78, 5) is 22.2. The van der Waals surface area contributed by atoms with Crippen LogP contribution in [0.5, 0.6) is 0 Å². The van der Waals surface area contributed by atoms with Gasteiger partial charge in [0, 0.05) is 38.0 Å². The number of anilines is 1. The number of aromatic nitrogens is 1. The van der Waals surface area contributed by atoms with Crippen molar-refractivity contribution in [1.82, 2.24) is 9.88 Å². The number of benzene rings is 2. The van der Waals surface area contributed by atoms with Crippen LogP contribution < -0.4 is 4.90 Å². The second-order valence-corrected chi connectivity index (χ2v) is 10.2. The highest BCUT2D eigenvalue weighted by atomic mass is 32.2. The number of hydrogen-bond acceptors (Lipinski definition) is 7. The fourth-order valence-electron chi connectivity index (χ4n) is 3.33. The van der Waals surface area contributed by atoms with Crippen molar-refractivity contribution in [2.75, 3.05) is 50.5 Å². The van der Waals surface area contributed by atoms with Crippen LogP contribution in [-0.2, 0) is 14.6 Å². The van der Waals surface area contributed by atoms with Gasteiger partial charge in [-0.15, -0.1) is 0 Å². The van der Waals surface area contributed by atoms with Crippen LogP contribution in [0.4, 0.5) is 5.13 Å². The molecule has 0 saturated carbocycles. The zero-order chi connectivity index (χ0) is 21.1. The van der Waals surface area contributed by atoms with E-state index in [4.69, 9.17) is 4.74 Å². The van der Waals surface area contributed by atoms with Crippen molar-refractivity contribution < 1.29 is 17.9 Å². The van der Waals surface area contributed by atoms with Crippen LogP contribution in [-0.4, -0.2) is 69.9 Å². The number of para-hydroxylation sites is 1. The number of amides is 1. The topological polar surface area (TPSA) is 79.8 Å². The summed E-state index contributed by atoms with van der Waals surface area (Å²) in [6.45, 7) is 4.28. The average molecular weight is 446 g/mol. The maximum atomic E-state index is 13.4. The van der Waals surface area contributed by atoms with Crippen molar-refractivity contribution in [3.05, 3.63) is 54.1 Å². The van der Waals surface area contributed by atoms with Crippen molar-refractivity contribution in [1.29, 1.82) is 0 Å².